The second-order valence-electron chi connectivity index (χ2n) is 9.80. The lowest BCUT2D eigenvalue weighted by atomic mass is 9.92. The van der Waals surface area contributed by atoms with Crippen molar-refractivity contribution in [3.8, 4) is 0 Å². The standard InChI is InChI=1S/C30H23N3/c1-2-8-18(7-1)13-21-15-24-28-29(32-17-31-24)23-14-19-9-3-4-10-20(19)16-26(23)33-25-12-6-5-11-22(25)27(21)30(28)33/h3-6,9-12,14-18H,1-2,7-8,13H2. The molecule has 1 aliphatic rings. The molecular formula is C30H23N3. The molecule has 1 saturated carbocycles. The first-order valence-corrected chi connectivity index (χ1v) is 12.1. The normalized spacial score (nSPS) is 15.4. The van der Waals surface area contributed by atoms with Crippen LogP contribution in [0.1, 0.15) is 31.2 Å². The first-order valence-electron chi connectivity index (χ1n) is 12.1. The molecule has 0 aliphatic heterocycles. The van der Waals surface area contributed by atoms with Gasteiger partial charge in [-0.2, -0.15) is 0 Å². The molecule has 0 N–H and O–H groups in total. The van der Waals surface area contributed by atoms with Crippen molar-refractivity contribution < 1.29 is 0 Å². The molecule has 33 heavy (non-hydrogen) atoms. The molecule has 1 fully saturated rings. The zero-order valence-corrected chi connectivity index (χ0v) is 18.4. The molecule has 0 amide bonds. The minimum atomic E-state index is 0.785. The van der Waals surface area contributed by atoms with E-state index in [1.165, 1.54) is 80.1 Å². The van der Waals surface area contributed by atoms with Crippen molar-refractivity contribution >= 4 is 59.9 Å². The Morgan fingerprint density at radius 3 is 2.42 bits per heavy atom. The third kappa shape index (κ3) is 2.34. The molecule has 0 bridgehead atoms. The van der Waals surface area contributed by atoms with Crippen LogP contribution < -0.4 is 0 Å². The average molecular weight is 426 g/mol. The topological polar surface area (TPSA) is 30.2 Å². The van der Waals surface area contributed by atoms with Gasteiger partial charge in [-0.3, -0.25) is 0 Å². The fourth-order valence-corrected chi connectivity index (χ4v) is 6.52. The third-order valence-electron chi connectivity index (χ3n) is 7.96. The summed E-state index contributed by atoms with van der Waals surface area (Å²) in [4.78, 5) is 9.63. The summed E-state index contributed by atoms with van der Waals surface area (Å²) in [6, 6.07) is 24.6. The first-order chi connectivity index (χ1) is 16.4. The van der Waals surface area contributed by atoms with Gasteiger partial charge in [-0.1, -0.05) is 68.1 Å². The van der Waals surface area contributed by atoms with Crippen LogP contribution >= 0.6 is 0 Å². The molecule has 0 radical (unpaired) electrons. The van der Waals surface area contributed by atoms with Gasteiger partial charge < -0.3 is 4.40 Å². The summed E-state index contributed by atoms with van der Waals surface area (Å²) in [5, 5.41) is 7.65. The van der Waals surface area contributed by atoms with E-state index in [-0.39, 0.29) is 0 Å². The van der Waals surface area contributed by atoms with E-state index in [9.17, 15) is 0 Å². The summed E-state index contributed by atoms with van der Waals surface area (Å²) in [5.41, 5.74) is 7.38. The van der Waals surface area contributed by atoms with E-state index in [4.69, 9.17) is 9.97 Å². The highest BCUT2D eigenvalue weighted by Gasteiger charge is 2.24. The number of fused-ring (bicyclic) bond motifs is 7. The number of nitrogens with zero attached hydrogens (tertiary/aromatic N) is 3. The Balaban J connectivity index is 1.65. The van der Waals surface area contributed by atoms with Gasteiger partial charge in [-0.25, -0.2) is 9.97 Å². The second kappa shape index (κ2) is 6.41. The second-order valence-corrected chi connectivity index (χ2v) is 9.80. The van der Waals surface area contributed by atoms with Gasteiger partial charge in [0.05, 0.1) is 33.0 Å². The lowest BCUT2D eigenvalue weighted by Crippen LogP contribution is -2.01. The number of para-hydroxylation sites is 1. The zero-order chi connectivity index (χ0) is 21.5. The molecule has 3 heteroatoms. The SMILES string of the molecule is c1ccc2cc3c(cc2c1)c1ncnc2cc(CC4CCCC4)c4c5ccccc5n3c4c21. The van der Waals surface area contributed by atoms with Crippen LogP contribution in [0.5, 0.6) is 0 Å². The van der Waals surface area contributed by atoms with Gasteiger partial charge in [0.15, 0.2) is 0 Å². The summed E-state index contributed by atoms with van der Waals surface area (Å²) in [5.74, 6) is 0.785. The molecule has 8 rings (SSSR count). The van der Waals surface area contributed by atoms with Crippen molar-refractivity contribution in [1.29, 1.82) is 0 Å². The molecule has 7 aromatic rings. The van der Waals surface area contributed by atoms with Crippen molar-refractivity contribution in [1.82, 2.24) is 14.4 Å². The van der Waals surface area contributed by atoms with Crippen LogP contribution in [-0.2, 0) is 6.42 Å². The van der Waals surface area contributed by atoms with E-state index in [2.05, 4.69) is 71.1 Å². The van der Waals surface area contributed by atoms with Crippen molar-refractivity contribution in [3.63, 3.8) is 0 Å². The summed E-state index contributed by atoms with van der Waals surface area (Å²) in [6.45, 7) is 0. The molecule has 4 aromatic carbocycles. The van der Waals surface area contributed by atoms with E-state index in [0.29, 0.717) is 0 Å². The molecule has 0 saturated heterocycles. The summed E-state index contributed by atoms with van der Waals surface area (Å²) >= 11 is 0. The van der Waals surface area contributed by atoms with Gasteiger partial charge in [0.2, 0.25) is 0 Å². The van der Waals surface area contributed by atoms with Crippen molar-refractivity contribution in [2.75, 3.05) is 0 Å². The molecular weight excluding hydrogens is 402 g/mol. The smallest absolute Gasteiger partial charge is 0.116 e. The van der Waals surface area contributed by atoms with Gasteiger partial charge in [-0.05, 0) is 52.9 Å². The quantitative estimate of drug-likeness (QED) is 0.210. The van der Waals surface area contributed by atoms with E-state index in [0.717, 1.165) is 23.4 Å². The molecule has 0 unspecified atom stereocenters. The molecule has 3 heterocycles. The highest BCUT2D eigenvalue weighted by molar-refractivity contribution is 6.28. The van der Waals surface area contributed by atoms with Crippen LogP contribution in [0.25, 0.3) is 59.9 Å². The van der Waals surface area contributed by atoms with Crippen LogP contribution in [-0.4, -0.2) is 14.4 Å². The van der Waals surface area contributed by atoms with Crippen LogP contribution in [0.15, 0.2) is 73.1 Å². The van der Waals surface area contributed by atoms with Crippen LogP contribution in [0.4, 0.5) is 0 Å². The number of pyridine rings is 1. The van der Waals surface area contributed by atoms with E-state index in [1.54, 1.807) is 6.33 Å². The molecule has 3 nitrogen and oxygen atoms in total. The molecule has 3 aromatic heterocycles. The zero-order valence-electron chi connectivity index (χ0n) is 18.4. The summed E-state index contributed by atoms with van der Waals surface area (Å²) < 4.78 is 2.49. The Bertz CT molecular complexity index is 1850. The van der Waals surface area contributed by atoms with Crippen LogP contribution in [0.2, 0.25) is 0 Å². The summed E-state index contributed by atoms with van der Waals surface area (Å²) in [6.07, 6.45) is 8.33. The number of hydrogen-bond acceptors (Lipinski definition) is 2. The van der Waals surface area contributed by atoms with Gasteiger partial charge >= 0.3 is 0 Å². The van der Waals surface area contributed by atoms with Gasteiger partial charge in [0.25, 0.3) is 0 Å². The van der Waals surface area contributed by atoms with E-state index < -0.39 is 0 Å². The van der Waals surface area contributed by atoms with Gasteiger partial charge in [0, 0.05) is 16.2 Å². The maximum atomic E-state index is 4.85. The maximum absolute atomic E-state index is 4.85. The number of rotatable bonds is 2. The van der Waals surface area contributed by atoms with E-state index in [1.807, 2.05) is 0 Å². The van der Waals surface area contributed by atoms with Crippen molar-refractivity contribution in [2.45, 2.75) is 32.1 Å². The van der Waals surface area contributed by atoms with Crippen molar-refractivity contribution in [2.24, 2.45) is 5.92 Å². The maximum Gasteiger partial charge on any atom is 0.116 e. The Morgan fingerprint density at radius 1 is 0.758 bits per heavy atom. The highest BCUT2D eigenvalue weighted by Crippen LogP contribution is 2.43. The number of hydrogen-bond donors (Lipinski definition) is 0. The molecule has 1 aliphatic carbocycles. The predicted octanol–water partition coefficient (Wildman–Crippen LogP) is 7.67. The average Bonchev–Trinajstić information content (AvgIpc) is 3.49. The minimum Gasteiger partial charge on any atom is -0.308 e. The van der Waals surface area contributed by atoms with Gasteiger partial charge in [-0.15, -0.1) is 0 Å². The fourth-order valence-electron chi connectivity index (χ4n) is 6.52. The number of benzene rings is 4. The molecule has 0 spiro atoms. The Labute approximate surface area is 191 Å². The molecule has 0 atom stereocenters. The largest absolute Gasteiger partial charge is 0.308 e. The lowest BCUT2D eigenvalue weighted by Gasteiger charge is -2.16. The van der Waals surface area contributed by atoms with E-state index >= 15 is 0 Å². The monoisotopic (exact) mass is 425 g/mol. The van der Waals surface area contributed by atoms with Crippen LogP contribution in [0.3, 0.4) is 0 Å². The fraction of sp³-hybridized carbons (Fsp3) is 0.200. The predicted molar refractivity (Wildman–Crippen MR) is 137 cm³/mol. The Kier molecular flexibility index (Phi) is 3.46. The Hall–Kier alpha value is -3.72. The lowest BCUT2D eigenvalue weighted by molar-refractivity contribution is 0.549. The van der Waals surface area contributed by atoms with Crippen molar-refractivity contribution in [3.05, 3.63) is 78.6 Å². The van der Waals surface area contributed by atoms with Crippen LogP contribution in [0, 0.1) is 5.92 Å². The Morgan fingerprint density at radius 2 is 1.55 bits per heavy atom. The highest BCUT2D eigenvalue weighted by atomic mass is 14.9. The summed E-state index contributed by atoms with van der Waals surface area (Å²) in [7, 11) is 0. The number of aromatic nitrogens is 3. The third-order valence-corrected chi connectivity index (χ3v) is 7.96. The first kappa shape index (κ1) is 17.8. The minimum absolute atomic E-state index is 0.785. The molecule has 158 valence electrons. The van der Waals surface area contributed by atoms with Gasteiger partial charge in [0.1, 0.15) is 6.33 Å².